The summed E-state index contributed by atoms with van der Waals surface area (Å²) >= 11 is 0. The smallest absolute Gasteiger partial charge is 0.191 e. The minimum Gasteiger partial charge on any atom is -0.356 e. The standard InChI is InChI=1S/C24H31N5/c1-19(29(3)18-20-9-5-4-6-10-20)13-15-27-24(25-2)28-17-21-14-16-26-23-12-8-7-11-22(21)23/h4-12,14,16,19H,13,15,17-18H2,1-3H3,(H2,25,27,28). The van der Waals surface area contributed by atoms with E-state index in [0.717, 1.165) is 31.0 Å². The van der Waals surface area contributed by atoms with Crippen LogP contribution < -0.4 is 10.6 Å². The number of para-hydroxylation sites is 1. The van der Waals surface area contributed by atoms with Gasteiger partial charge in [-0.2, -0.15) is 0 Å². The predicted octanol–water partition coefficient (Wildman–Crippen LogP) is 3.81. The first-order chi connectivity index (χ1) is 14.2. The van der Waals surface area contributed by atoms with Gasteiger partial charge < -0.3 is 10.6 Å². The molecule has 1 atom stereocenters. The first kappa shape index (κ1) is 20.8. The van der Waals surface area contributed by atoms with Crippen molar-refractivity contribution in [3.05, 3.63) is 78.0 Å². The Kier molecular flexibility index (Phi) is 7.59. The molecular weight excluding hydrogens is 358 g/mol. The number of nitrogens with zero attached hydrogens (tertiary/aromatic N) is 3. The first-order valence-corrected chi connectivity index (χ1v) is 10.2. The molecule has 0 aliphatic carbocycles. The van der Waals surface area contributed by atoms with Crippen molar-refractivity contribution in [1.82, 2.24) is 20.5 Å². The lowest BCUT2D eigenvalue weighted by Gasteiger charge is -2.25. The molecule has 0 amide bonds. The van der Waals surface area contributed by atoms with Gasteiger partial charge in [-0.3, -0.25) is 14.9 Å². The van der Waals surface area contributed by atoms with Crippen LogP contribution in [-0.4, -0.2) is 42.5 Å². The zero-order valence-electron chi connectivity index (χ0n) is 17.6. The van der Waals surface area contributed by atoms with Crippen molar-refractivity contribution in [3.8, 4) is 0 Å². The summed E-state index contributed by atoms with van der Waals surface area (Å²) in [5.74, 6) is 0.823. The maximum atomic E-state index is 4.43. The molecule has 0 radical (unpaired) electrons. The van der Waals surface area contributed by atoms with Crippen molar-refractivity contribution >= 4 is 16.9 Å². The summed E-state index contributed by atoms with van der Waals surface area (Å²) in [4.78, 5) is 11.2. The van der Waals surface area contributed by atoms with E-state index >= 15 is 0 Å². The number of nitrogens with one attached hydrogen (secondary N) is 2. The van der Waals surface area contributed by atoms with Crippen LogP contribution in [0.1, 0.15) is 24.5 Å². The molecule has 152 valence electrons. The second kappa shape index (κ2) is 10.6. The molecule has 3 rings (SSSR count). The molecule has 5 nitrogen and oxygen atoms in total. The molecule has 0 bridgehead atoms. The quantitative estimate of drug-likeness (QED) is 0.454. The number of fused-ring (bicyclic) bond motifs is 1. The lowest BCUT2D eigenvalue weighted by molar-refractivity contribution is 0.238. The largest absolute Gasteiger partial charge is 0.356 e. The maximum Gasteiger partial charge on any atom is 0.191 e. The highest BCUT2D eigenvalue weighted by atomic mass is 15.2. The van der Waals surface area contributed by atoms with Gasteiger partial charge >= 0.3 is 0 Å². The monoisotopic (exact) mass is 389 g/mol. The highest BCUT2D eigenvalue weighted by molar-refractivity contribution is 5.83. The van der Waals surface area contributed by atoms with Crippen LogP contribution in [0.4, 0.5) is 0 Å². The molecule has 2 N–H and O–H groups in total. The Balaban J connectivity index is 1.45. The van der Waals surface area contributed by atoms with Crippen LogP contribution in [0.3, 0.4) is 0 Å². The molecule has 0 saturated carbocycles. The van der Waals surface area contributed by atoms with E-state index in [9.17, 15) is 0 Å². The molecule has 0 aliphatic rings. The van der Waals surface area contributed by atoms with E-state index in [4.69, 9.17) is 0 Å². The van der Waals surface area contributed by atoms with Gasteiger partial charge in [0.25, 0.3) is 0 Å². The van der Waals surface area contributed by atoms with Gasteiger partial charge in [-0.15, -0.1) is 0 Å². The van der Waals surface area contributed by atoms with E-state index in [0.29, 0.717) is 12.6 Å². The highest BCUT2D eigenvalue weighted by Crippen LogP contribution is 2.15. The fraction of sp³-hybridized carbons (Fsp3) is 0.333. The average molecular weight is 390 g/mol. The lowest BCUT2D eigenvalue weighted by Crippen LogP contribution is -2.39. The number of guanidine groups is 1. The van der Waals surface area contributed by atoms with Crippen molar-refractivity contribution < 1.29 is 0 Å². The van der Waals surface area contributed by atoms with Gasteiger partial charge in [0.15, 0.2) is 5.96 Å². The maximum absolute atomic E-state index is 4.43. The number of hydrogen-bond acceptors (Lipinski definition) is 3. The van der Waals surface area contributed by atoms with E-state index in [2.05, 4.69) is 81.9 Å². The summed E-state index contributed by atoms with van der Waals surface area (Å²) in [7, 11) is 3.99. The molecule has 0 saturated heterocycles. The third-order valence-corrected chi connectivity index (χ3v) is 5.29. The average Bonchev–Trinajstić information content (AvgIpc) is 2.76. The molecule has 0 fully saturated rings. The third-order valence-electron chi connectivity index (χ3n) is 5.29. The molecule has 29 heavy (non-hydrogen) atoms. The summed E-state index contributed by atoms with van der Waals surface area (Å²) in [6.07, 6.45) is 2.90. The molecular formula is C24H31N5. The van der Waals surface area contributed by atoms with Crippen LogP contribution >= 0.6 is 0 Å². The Hall–Kier alpha value is -2.92. The van der Waals surface area contributed by atoms with E-state index < -0.39 is 0 Å². The third kappa shape index (κ3) is 6.03. The zero-order chi connectivity index (χ0) is 20.5. The van der Waals surface area contributed by atoms with Crippen LogP contribution in [0.25, 0.3) is 10.9 Å². The topological polar surface area (TPSA) is 52.6 Å². The van der Waals surface area contributed by atoms with Gasteiger partial charge in [0.1, 0.15) is 0 Å². The van der Waals surface area contributed by atoms with Crippen molar-refractivity contribution in [2.24, 2.45) is 4.99 Å². The zero-order valence-corrected chi connectivity index (χ0v) is 17.6. The Bertz CT molecular complexity index is 917. The Morgan fingerprint density at radius 1 is 1.03 bits per heavy atom. The first-order valence-electron chi connectivity index (χ1n) is 10.2. The minimum atomic E-state index is 0.477. The fourth-order valence-electron chi connectivity index (χ4n) is 3.36. The van der Waals surface area contributed by atoms with Crippen molar-refractivity contribution in [1.29, 1.82) is 0 Å². The van der Waals surface area contributed by atoms with Crippen LogP contribution in [0, 0.1) is 0 Å². The van der Waals surface area contributed by atoms with E-state index in [-0.39, 0.29) is 0 Å². The summed E-state index contributed by atoms with van der Waals surface area (Å²) < 4.78 is 0. The molecule has 1 aromatic heterocycles. The van der Waals surface area contributed by atoms with Gasteiger partial charge in [0.05, 0.1) is 5.52 Å². The van der Waals surface area contributed by atoms with E-state index in [1.54, 1.807) is 0 Å². The summed E-state index contributed by atoms with van der Waals surface area (Å²) in [5.41, 5.74) is 3.58. The van der Waals surface area contributed by atoms with Crippen LogP contribution in [0.15, 0.2) is 71.9 Å². The van der Waals surface area contributed by atoms with Gasteiger partial charge in [0, 0.05) is 44.3 Å². The second-order valence-electron chi connectivity index (χ2n) is 7.38. The second-order valence-corrected chi connectivity index (χ2v) is 7.38. The Morgan fingerprint density at radius 2 is 1.79 bits per heavy atom. The van der Waals surface area contributed by atoms with E-state index in [1.807, 2.05) is 31.4 Å². The molecule has 1 heterocycles. The van der Waals surface area contributed by atoms with Crippen LogP contribution in [0.2, 0.25) is 0 Å². The number of rotatable bonds is 8. The number of benzene rings is 2. The van der Waals surface area contributed by atoms with E-state index in [1.165, 1.54) is 16.5 Å². The van der Waals surface area contributed by atoms with Crippen molar-refractivity contribution in [3.63, 3.8) is 0 Å². The normalized spacial score (nSPS) is 12.9. The van der Waals surface area contributed by atoms with Crippen LogP contribution in [-0.2, 0) is 13.1 Å². The summed E-state index contributed by atoms with van der Waals surface area (Å²) in [6, 6.07) is 21.4. The van der Waals surface area contributed by atoms with Crippen LogP contribution in [0.5, 0.6) is 0 Å². The summed E-state index contributed by atoms with van der Waals surface area (Å²) in [5, 5.41) is 8.03. The fourth-order valence-corrected chi connectivity index (χ4v) is 3.36. The predicted molar refractivity (Wildman–Crippen MR) is 122 cm³/mol. The van der Waals surface area contributed by atoms with Crippen molar-refractivity contribution in [2.45, 2.75) is 32.5 Å². The molecule has 2 aromatic carbocycles. The molecule has 1 unspecified atom stereocenters. The van der Waals surface area contributed by atoms with Gasteiger partial charge in [0.2, 0.25) is 0 Å². The van der Waals surface area contributed by atoms with Crippen molar-refractivity contribution in [2.75, 3.05) is 20.6 Å². The molecule has 0 aliphatic heterocycles. The minimum absolute atomic E-state index is 0.477. The number of hydrogen-bond donors (Lipinski definition) is 2. The highest BCUT2D eigenvalue weighted by Gasteiger charge is 2.10. The molecule has 3 aromatic rings. The summed E-state index contributed by atoms with van der Waals surface area (Å²) in [6.45, 7) is 4.82. The number of pyridine rings is 1. The Labute approximate surface area is 173 Å². The lowest BCUT2D eigenvalue weighted by atomic mass is 10.1. The van der Waals surface area contributed by atoms with Gasteiger partial charge in [-0.05, 0) is 43.7 Å². The van der Waals surface area contributed by atoms with Gasteiger partial charge in [-0.1, -0.05) is 48.5 Å². The SMILES string of the molecule is CN=C(NCCC(C)N(C)Cc1ccccc1)NCc1ccnc2ccccc12. The molecule has 0 spiro atoms. The van der Waals surface area contributed by atoms with Gasteiger partial charge in [-0.25, -0.2) is 0 Å². The number of aromatic nitrogens is 1. The number of aliphatic imine (C=N–C) groups is 1. The Morgan fingerprint density at radius 3 is 2.59 bits per heavy atom. The molecule has 5 heteroatoms.